The summed E-state index contributed by atoms with van der Waals surface area (Å²) in [6, 6.07) is 5.85. The van der Waals surface area contributed by atoms with E-state index in [1.165, 1.54) is 35.4 Å². The summed E-state index contributed by atoms with van der Waals surface area (Å²) < 4.78 is 37.7. The number of ether oxygens (including phenoxy) is 1. The Bertz CT molecular complexity index is 1270. The van der Waals surface area contributed by atoms with E-state index in [-0.39, 0.29) is 27.6 Å². The lowest BCUT2D eigenvalue weighted by molar-refractivity contribution is -0.0468. The third-order valence-electron chi connectivity index (χ3n) is 4.72. The number of imidazole rings is 1. The van der Waals surface area contributed by atoms with Gasteiger partial charge in [-0.15, -0.1) is 0 Å². The molecular formula is C17H17ClN6O7S. The molecule has 0 saturated carbocycles. The summed E-state index contributed by atoms with van der Waals surface area (Å²) >= 11 is 5.88. The molecule has 3 aromatic rings. The molecule has 1 aliphatic heterocycles. The number of aliphatic hydroxyl groups is 2. The summed E-state index contributed by atoms with van der Waals surface area (Å²) in [7, 11) is -4.57. The van der Waals surface area contributed by atoms with Crippen LogP contribution in [0.4, 0.5) is 5.82 Å². The van der Waals surface area contributed by atoms with Gasteiger partial charge in [0.2, 0.25) is 0 Å². The molecule has 13 nitrogen and oxygen atoms in total. The number of amides is 1. The van der Waals surface area contributed by atoms with Crippen molar-refractivity contribution in [2.24, 2.45) is 0 Å². The van der Waals surface area contributed by atoms with Crippen LogP contribution in [0.1, 0.15) is 16.6 Å². The molecule has 1 aromatic carbocycles. The SMILES string of the molecule is Nc1ncnc2c1ncn2C1OC(COS(=O)(=O)NC(=O)c2ccccc2Cl)[C@@H](O)[C@H]1O. The average Bonchev–Trinajstić information content (AvgIpc) is 3.29. The van der Waals surface area contributed by atoms with Gasteiger partial charge in [0, 0.05) is 0 Å². The maximum Gasteiger partial charge on any atom is 0.362 e. The Kier molecular flexibility index (Phi) is 5.98. The number of hydrogen-bond acceptors (Lipinski definition) is 11. The molecule has 0 spiro atoms. The zero-order valence-electron chi connectivity index (χ0n) is 16.1. The van der Waals surface area contributed by atoms with Crippen molar-refractivity contribution in [2.45, 2.75) is 24.5 Å². The standard InChI is InChI=1S/C17H17ClN6O7S/c18-9-4-2-1-3-8(9)16(27)23-32(28,29)30-5-10-12(25)13(26)17(31-10)24-7-22-11-14(19)20-6-21-15(11)24/h1-4,6-7,10,12-13,17,25-26H,5H2,(H,23,27)(H2,19,20,21)/t10?,12-,13-,17?/m1/s1. The first kappa shape index (κ1) is 22.3. The van der Waals surface area contributed by atoms with Gasteiger partial charge in [0.25, 0.3) is 5.91 Å². The molecule has 1 aliphatic rings. The number of nitrogen functional groups attached to an aromatic ring is 1. The number of hydrogen-bond donors (Lipinski definition) is 4. The largest absolute Gasteiger partial charge is 0.387 e. The van der Waals surface area contributed by atoms with Crippen LogP contribution in [0.15, 0.2) is 36.9 Å². The molecule has 0 aliphatic carbocycles. The number of fused-ring (bicyclic) bond motifs is 1. The molecular weight excluding hydrogens is 468 g/mol. The minimum absolute atomic E-state index is 0.0534. The molecule has 4 atom stereocenters. The normalized spacial score (nSPS) is 23.5. The van der Waals surface area contributed by atoms with E-state index in [0.29, 0.717) is 0 Å². The predicted octanol–water partition coefficient (Wildman–Crippen LogP) is -0.627. The quantitative estimate of drug-likeness (QED) is 0.348. The van der Waals surface area contributed by atoms with Crippen molar-refractivity contribution in [3.8, 4) is 0 Å². The van der Waals surface area contributed by atoms with Crippen molar-refractivity contribution in [1.82, 2.24) is 24.2 Å². The fourth-order valence-electron chi connectivity index (χ4n) is 3.15. The van der Waals surface area contributed by atoms with Crippen molar-refractivity contribution in [3.05, 3.63) is 47.5 Å². The summed E-state index contributed by atoms with van der Waals surface area (Å²) in [6.07, 6.45) is -2.89. The molecule has 170 valence electrons. The van der Waals surface area contributed by atoms with E-state index in [0.717, 1.165) is 0 Å². The van der Waals surface area contributed by atoms with E-state index in [9.17, 15) is 23.4 Å². The van der Waals surface area contributed by atoms with Crippen LogP contribution in [0, 0.1) is 0 Å². The van der Waals surface area contributed by atoms with Gasteiger partial charge in [-0.2, -0.15) is 8.42 Å². The number of halogens is 1. The third kappa shape index (κ3) is 4.23. The fourth-order valence-corrected chi connectivity index (χ4v) is 4.08. The van der Waals surface area contributed by atoms with Crippen LogP contribution in [-0.2, 0) is 19.2 Å². The lowest BCUT2D eigenvalue weighted by Crippen LogP contribution is -2.37. The molecule has 1 saturated heterocycles. The molecule has 32 heavy (non-hydrogen) atoms. The van der Waals surface area contributed by atoms with E-state index >= 15 is 0 Å². The lowest BCUT2D eigenvalue weighted by atomic mass is 10.1. The number of aromatic nitrogens is 4. The summed E-state index contributed by atoms with van der Waals surface area (Å²) in [5, 5.41) is 20.7. The Morgan fingerprint density at radius 1 is 1.25 bits per heavy atom. The number of nitrogens with two attached hydrogens (primary N) is 1. The highest BCUT2D eigenvalue weighted by molar-refractivity contribution is 7.85. The van der Waals surface area contributed by atoms with Gasteiger partial charge >= 0.3 is 10.3 Å². The number of rotatable bonds is 6. The predicted molar refractivity (Wildman–Crippen MR) is 109 cm³/mol. The van der Waals surface area contributed by atoms with Crippen LogP contribution in [0.25, 0.3) is 11.2 Å². The van der Waals surface area contributed by atoms with Gasteiger partial charge in [-0.05, 0) is 12.1 Å². The maximum atomic E-state index is 12.2. The Hall–Kier alpha value is -2.88. The highest BCUT2D eigenvalue weighted by Gasteiger charge is 2.45. The third-order valence-corrected chi connectivity index (χ3v) is 5.93. The van der Waals surface area contributed by atoms with Crippen LogP contribution < -0.4 is 10.5 Å². The first-order valence-corrected chi connectivity index (χ1v) is 10.9. The van der Waals surface area contributed by atoms with Crippen LogP contribution in [0.5, 0.6) is 0 Å². The number of aliphatic hydroxyl groups excluding tert-OH is 2. The second kappa shape index (κ2) is 8.57. The lowest BCUT2D eigenvalue weighted by Gasteiger charge is -2.16. The van der Waals surface area contributed by atoms with E-state index < -0.39 is 47.4 Å². The Morgan fingerprint density at radius 3 is 2.75 bits per heavy atom. The van der Waals surface area contributed by atoms with E-state index in [1.807, 2.05) is 0 Å². The van der Waals surface area contributed by atoms with Crippen LogP contribution in [0.3, 0.4) is 0 Å². The summed E-state index contributed by atoms with van der Waals surface area (Å²) in [6.45, 7) is -0.691. The molecule has 2 aromatic heterocycles. The number of carbonyl (C=O) groups is 1. The Morgan fingerprint density at radius 2 is 2.00 bits per heavy atom. The van der Waals surface area contributed by atoms with Gasteiger partial charge in [0.15, 0.2) is 17.7 Å². The van der Waals surface area contributed by atoms with E-state index in [4.69, 9.17) is 26.3 Å². The van der Waals surface area contributed by atoms with Gasteiger partial charge in [-0.1, -0.05) is 23.7 Å². The minimum atomic E-state index is -4.57. The molecule has 2 unspecified atom stereocenters. The molecule has 1 fully saturated rings. The summed E-state index contributed by atoms with van der Waals surface area (Å²) in [5.41, 5.74) is 6.18. The number of nitrogens with one attached hydrogen (secondary N) is 1. The summed E-state index contributed by atoms with van der Waals surface area (Å²) in [5.74, 6) is -0.884. The molecule has 0 radical (unpaired) electrons. The number of nitrogens with zero attached hydrogens (tertiary/aromatic N) is 4. The zero-order chi connectivity index (χ0) is 23.0. The highest BCUT2D eigenvalue weighted by atomic mass is 35.5. The van der Waals surface area contributed by atoms with Gasteiger partial charge < -0.3 is 20.7 Å². The van der Waals surface area contributed by atoms with Crippen molar-refractivity contribution in [2.75, 3.05) is 12.3 Å². The van der Waals surface area contributed by atoms with Gasteiger partial charge in [-0.3, -0.25) is 13.5 Å². The van der Waals surface area contributed by atoms with Crippen LogP contribution >= 0.6 is 11.6 Å². The minimum Gasteiger partial charge on any atom is -0.387 e. The maximum absolute atomic E-state index is 12.2. The average molecular weight is 485 g/mol. The Balaban J connectivity index is 1.44. The van der Waals surface area contributed by atoms with Crippen LogP contribution in [0.2, 0.25) is 5.02 Å². The van der Waals surface area contributed by atoms with Crippen molar-refractivity contribution in [3.63, 3.8) is 0 Å². The smallest absolute Gasteiger partial charge is 0.362 e. The topological polar surface area (TPSA) is 192 Å². The summed E-state index contributed by atoms with van der Waals surface area (Å²) in [4.78, 5) is 24.0. The van der Waals surface area contributed by atoms with Crippen molar-refractivity contribution < 1.29 is 32.3 Å². The van der Waals surface area contributed by atoms with Crippen LogP contribution in [-0.4, -0.2) is 69.0 Å². The molecule has 3 heterocycles. The van der Waals surface area contributed by atoms with Gasteiger partial charge in [-0.25, -0.2) is 19.7 Å². The molecule has 4 rings (SSSR count). The number of carbonyl (C=O) groups excluding carboxylic acids is 1. The number of benzene rings is 1. The van der Waals surface area contributed by atoms with Crippen molar-refractivity contribution >= 4 is 44.8 Å². The Labute approximate surface area is 186 Å². The number of anilines is 1. The fraction of sp³-hybridized carbons (Fsp3) is 0.294. The molecule has 1 amide bonds. The van der Waals surface area contributed by atoms with E-state index in [2.05, 4.69) is 15.0 Å². The molecule has 0 bridgehead atoms. The molecule has 15 heteroatoms. The monoisotopic (exact) mass is 484 g/mol. The highest BCUT2D eigenvalue weighted by Crippen LogP contribution is 2.32. The van der Waals surface area contributed by atoms with Gasteiger partial charge in [0.1, 0.15) is 30.2 Å². The molecule has 5 N–H and O–H groups in total. The first-order chi connectivity index (χ1) is 15.2. The van der Waals surface area contributed by atoms with Crippen molar-refractivity contribution in [1.29, 1.82) is 0 Å². The van der Waals surface area contributed by atoms with E-state index in [1.54, 1.807) is 10.8 Å². The van der Waals surface area contributed by atoms with Gasteiger partial charge in [0.05, 0.1) is 23.5 Å². The second-order valence-electron chi connectivity index (χ2n) is 6.78. The zero-order valence-corrected chi connectivity index (χ0v) is 17.6. The first-order valence-electron chi connectivity index (χ1n) is 9.08. The second-order valence-corrected chi connectivity index (χ2v) is 8.53.